The van der Waals surface area contributed by atoms with Crippen molar-refractivity contribution in [2.24, 2.45) is 0 Å². The van der Waals surface area contributed by atoms with Crippen molar-refractivity contribution < 1.29 is 9.53 Å². The van der Waals surface area contributed by atoms with Crippen molar-refractivity contribution in [1.82, 2.24) is 9.88 Å². The molecule has 0 unspecified atom stereocenters. The van der Waals surface area contributed by atoms with Crippen LogP contribution in [0.4, 0.5) is 5.69 Å². The summed E-state index contributed by atoms with van der Waals surface area (Å²) in [5.41, 5.74) is 6.91. The topological polar surface area (TPSA) is 68.5 Å². The number of ether oxygens (including phenoxy) is 1. The third kappa shape index (κ3) is 2.94. The first kappa shape index (κ1) is 11.9. The Morgan fingerprint density at radius 3 is 3.12 bits per heavy atom. The fourth-order valence-electron chi connectivity index (χ4n) is 1.89. The molecule has 17 heavy (non-hydrogen) atoms. The fourth-order valence-corrected chi connectivity index (χ4v) is 1.89. The molecule has 0 aromatic carbocycles. The van der Waals surface area contributed by atoms with Crippen LogP contribution in [-0.2, 0) is 16.0 Å². The molecule has 1 atom stereocenters. The maximum Gasteiger partial charge on any atom is 0.228 e. The van der Waals surface area contributed by atoms with Gasteiger partial charge in [0, 0.05) is 12.2 Å². The van der Waals surface area contributed by atoms with E-state index in [0.717, 1.165) is 5.69 Å². The number of anilines is 1. The summed E-state index contributed by atoms with van der Waals surface area (Å²) in [6, 6.07) is 3.70. The number of nitrogens with zero attached hydrogens (tertiary/aromatic N) is 2. The van der Waals surface area contributed by atoms with E-state index in [2.05, 4.69) is 4.98 Å². The first-order valence-corrected chi connectivity index (χ1v) is 5.74. The predicted molar refractivity (Wildman–Crippen MR) is 64.3 cm³/mol. The summed E-state index contributed by atoms with van der Waals surface area (Å²) in [5, 5.41) is 0. The number of pyridine rings is 1. The molecule has 1 amide bonds. The number of nitrogens with two attached hydrogens (primary N) is 1. The molecular formula is C12H17N3O2. The number of rotatable bonds is 2. The minimum absolute atomic E-state index is 0.0954. The van der Waals surface area contributed by atoms with Crippen LogP contribution in [0, 0.1) is 0 Å². The number of carbonyl (C=O) groups is 1. The van der Waals surface area contributed by atoms with Crippen molar-refractivity contribution in [3.05, 3.63) is 24.0 Å². The van der Waals surface area contributed by atoms with E-state index in [1.54, 1.807) is 18.3 Å². The van der Waals surface area contributed by atoms with Crippen LogP contribution in [0.2, 0.25) is 0 Å². The monoisotopic (exact) mass is 235 g/mol. The lowest BCUT2D eigenvalue weighted by Crippen LogP contribution is -2.47. The number of hydrogen-bond acceptors (Lipinski definition) is 4. The molecule has 2 N–H and O–H groups in total. The normalized spacial score (nSPS) is 20.3. The maximum atomic E-state index is 12.1. The van der Waals surface area contributed by atoms with E-state index in [9.17, 15) is 4.79 Å². The molecule has 0 saturated carbocycles. The second-order valence-corrected chi connectivity index (χ2v) is 4.27. The summed E-state index contributed by atoms with van der Waals surface area (Å²) in [5.74, 6) is 0.0954. The highest BCUT2D eigenvalue weighted by atomic mass is 16.5. The summed E-state index contributed by atoms with van der Waals surface area (Å²) >= 11 is 0. The van der Waals surface area contributed by atoms with Crippen LogP contribution in [-0.4, -0.2) is 41.6 Å². The van der Waals surface area contributed by atoms with E-state index in [0.29, 0.717) is 31.9 Å². The lowest BCUT2D eigenvalue weighted by atomic mass is 10.2. The van der Waals surface area contributed by atoms with Crippen molar-refractivity contribution in [3.63, 3.8) is 0 Å². The molecule has 1 aliphatic rings. The summed E-state index contributed by atoms with van der Waals surface area (Å²) in [6.07, 6.45) is 1.90. The lowest BCUT2D eigenvalue weighted by molar-refractivity contribution is -0.138. The Balaban J connectivity index is 1.98. The average molecular weight is 235 g/mol. The number of amides is 1. The van der Waals surface area contributed by atoms with Crippen LogP contribution in [0.3, 0.4) is 0 Å². The Morgan fingerprint density at radius 2 is 2.47 bits per heavy atom. The molecule has 0 spiro atoms. The zero-order chi connectivity index (χ0) is 12.3. The van der Waals surface area contributed by atoms with Gasteiger partial charge in [0.15, 0.2) is 0 Å². The number of carbonyl (C=O) groups excluding carboxylic acids is 1. The van der Waals surface area contributed by atoms with Crippen molar-refractivity contribution in [2.75, 3.05) is 25.5 Å². The molecule has 92 valence electrons. The molecular weight excluding hydrogens is 218 g/mol. The first-order valence-electron chi connectivity index (χ1n) is 5.74. The minimum atomic E-state index is 0.0954. The van der Waals surface area contributed by atoms with Gasteiger partial charge in [-0.2, -0.15) is 0 Å². The largest absolute Gasteiger partial charge is 0.397 e. The van der Waals surface area contributed by atoms with Gasteiger partial charge < -0.3 is 15.4 Å². The lowest BCUT2D eigenvalue weighted by Gasteiger charge is -2.33. The van der Waals surface area contributed by atoms with Gasteiger partial charge in [-0.25, -0.2) is 0 Å². The number of aromatic nitrogens is 1. The molecule has 1 saturated heterocycles. The van der Waals surface area contributed by atoms with Gasteiger partial charge in [-0.05, 0) is 19.1 Å². The van der Waals surface area contributed by atoms with Crippen molar-refractivity contribution in [2.45, 2.75) is 19.4 Å². The second-order valence-electron chi connectivity index (χ2n) is 4.27. The van der Waals surface area contributed by atoms with Gasteiger partial charge in [0.05, 0.1) is 37.6 Å². The Kier molecular flexibility index (Phi) is 3.58. The summed E-state index contributed by atoms with van der Waals surface area (Å²) in [7, 11) is 0. The van der Waals surface area contributed by atoms with Gasteiger partial charge in [0.1, 0.15) is 0 Å². The third-order valence-corrected chi connectivity index (χ3v) is 2.87. The van der Waals surface area contributed by atoms with E-state index in [1.165, 1.54) is 0 Å². The molecule has 5 heteroatoms. The highest BCUT2D eigenvalue weighted by Gasteiger charge is 2.23. The van der Waals surface area contributed by atoms with Gasteiger partial charge in [0.25, 0.3) is 0 Å². The van der Waals surface area contributed by atoms with E-state index >= 15 is 0 Å². The Labute approximate surface area is 101 Å². The van der Waals surface area contributed by atoms with E-state index in [1.807, 2.05) is 11.8 Å². The average Bonchev–Trinajstić information content (AvgIpc) is 2.32. The highest BCUT2D eigenvalue weighted by Crippen LogP contribution is 2.09. The molecule has 1 aromatic heterocycles. The van der Waals surface area contributed by atoms with Crippen molar-refractivity contribution in [3.8, 4) is 0 Å². The Morgan fingerprint density at radius 1 is 1.65 bits per heavy atom. The number of nitrogen functional groups attached to an aromatic ring is 1. The van der Waals surface area contributed by atoms with Crippen molar-refractivity contribution >= 4 is 11.6 Å². The fraction of sp³-hybridized carbons (Fsp3) is 0.500. The smallest absolute Gasteiger partial charge is 0.228 e. The SMILES string of the molecule is C[C@@H]1COCCN1C(=O)Cc1ccc(N)cn1. The standard InChI is InChI=1S/C12H17N3O2/c1-9-8-17-5-4-15(9)12(16)6-11-3-2-10(13)7-14-11/h2-3,7,9H,4-6,8,13H2,1H3/t9-/m1/s1. The van der Waals surface area contributed by atoms with Gasteiger partial charge in [-0.3, -0.25) is 9.78 Å². The quantitative estimate of drug-likeness (QED) is 0.808. The van der Waals surface area contributed by atoms with Crippen LogP contribution in [0.5, 0.6) is 0 Å². The van der Waals surface area contributed by atoms with Gasteiger partial charge in [-0.1, -0.05) is 0 Å². The molecule has 0 bridgehead atoms. The highest BCUT2D eigenvalue weighted by molar-refractivity contribution is 5.78. The van der Waals surface area contributed by atoms with Gasteiger partial charge in [-0.15, -0.1) is 0 Å². The van der Waals surface area contributed by atoms with Crippen LogP contribution >= 0.6 is 0 Å². The molecule has 2 rings (SSSR count). The van der Waals surface area contributed by atoms with Crippen molar-refractivity contribution in [1.29, 1.82) is 0 Å². The predicted octanol–water partition coefficient (Wildman–Crippen LogP) is 0.454. The Hall–Kier alpha value is -1.62. The van der Waals surface area contributed by atoms with E-state index < -0.39 is 0 Å². The minimum Gasteiger partial charge on any atom is -0.397 e. The first-order chi connectivity index (χ1) is 8.16. The summed E-state index contributed by atoms with van der Waals surface area (Å²) in [6.45, 7) is 3.88. The molecule has 0 radical (unpaired) electrons. The van der Waals surface area contributed by atoms with Crippen LogP contribution in [0.15, 0.2) is 18.3 Å². The van der Waals surface area contributed by atoms with Gasteiger partial charge in [0.2, 0.25) is 5.91 Å². The van der Waals surface area contributed by atoms with Crippen LogP contribution < -0.4 is 5.73 Å². The maximum absolute atomic E-state index is 12.1. The molecule has 1 aromatic rings. The zero-order valence-electron chi connectivity index (χ0n) is 9.93. The molecule has 1 aliphatic heterocycles. The third-order valence-electron chi connectivity index (χ3n) is 2.87. The van der Waals surface area contributed by atoms with Crippen LogP contribution in [0.1, 0.15) is 12.6 Å². The summed E-state index contributed by atoms with van der Waals surface area (Å²) < 4.78 is 5.30. The van der Waals surface area contributed by atoms with Gasteiger partial charge >= 0.3 is 0 Å². The number of morpholine rings is 1. The molecule has 1 fully saturated rings. The molecule has 0 aliphatic carbocycles. The zero-order valence-corrected chi connectivity index (χ0v) is 9.93. The summed E-state index contributed by atoms with van der Waals surface area (Å²) in [4.78, 5) is 18.0. The molecule has 5 nitrogen and oxygen atoms in total. The Bertz CT molecular complexity index is 391. The number of hydrogen-bond donors (Lipinski definition) is 1. The van der Waals surface area contributed by atoms with E-state index in [-0.39, 0.29) is 11.9 Å². The van der Waals surface area contributed by atoms with Crippen LogP contribution in [0.25, 0.3) is 0 Å². The second kappa shape index (κ2) is 5.14. The van der Waals surface area contributed by atoms with E-state index in [4.69, 9.17) is 10.5 Å². The molecule has 2 heterocycles.